The molecule has 0 spiro atoms. The molecule has 0 bridgehead atoms. The van der Waals surface area contributed by atoms with Gasteiger partial charge in [0.1, 0.15) is 10.9 Å². The predicted octanol–water partition coefficient (Wildman–Crippen LogP) is 1.94. The Morgan fingerprint density at radius 1 is 1.23 bits per heavy atom. The van der Waals surface area contributed by atoms with E-state index in [0.29, 0.717) is 30.1 Å². The quantitative estimate of drug-likeness (QED) is 0.872. The average Bonchev–Trinajstić information content (AvgIpc) is 3.20. The lowest BCUT2D eigenvalue weighted by molar-refractivity contribution is -0.119. The SMILES string of the molecule is Cc1ccc(NC(=O)[C@@H]2CCCN2C2=NS(=O)(=O)c3ccccc32)cn1. The highest BCUT2D eigenvalue weighted by Gasteiger charge is 2.39. The second kappa shape index (κ2) is 6.21. The molecule has 1 atom stereocenters. The van der Waals surface area contributed by atoms with Gasteiger partial charge < -0.3 is 10.2 Å². The molecule has 3 heterocycles. The van der Waals surface area contributed by atoms with Gasteiger partial charge >= 0.3 is 0 Å². The van der Waals surface area contributed by atoms with Crippen LogP contribution in [0.2, 0.25) is 0 Å². The molecule has 1 fully saturated rings. The molecule has 26 heavy (non-hydrogen) atoms. The molecule has 1 amide bonds. The van der Waals surface area contributed by atoms with Crippen LogP contribution in [0.1, 0.15) is 24.1 Å². The summed E-state index contributed by atoms with van der Waals surface area (Å²) in [6, 6.07) is 9.89. The summed E-state index contributed by atoms with van der Waals surface area (Å²) in [5.41, 5.74) is 2.05. The number of amidine groups is 1. The third-order valence-corrected chi connectivity index (χ3v) is 5.94. The first kappa shape index (κ1) is 16.7. The van der Waals surface area contributed by atoms with Crippen molar-refractivity contribution >= 4 is 27.5 Å². The summed E-state index contributed by atoms with van der Waals surface area (Å²) in [6.07, 6.45) is 3.05. The molecular formula is C18H18N4O3S. The highest BCUT2D eigenvalue weighted by Crippen LogP contribution is 2.31. The normalized spacial score (nSPS) is 20.6. The van der Waals surface area contributed by atoms with E-state index in [9.17, 15) is 13.2 Å². The Labute approximate surface area is 151 Å². The number of carbonyl (C=O) groups excluding carboxylic acids is 1. The Morgan fingerprint density at radius 2 is 2.04 bits per heavy atom. The van der Waals surface area contributed by atoms with Gasteiger partial charge in [-0.3, -0.25) is 9.78 Å². The van der Waals surface area contributed by atoms with E-state index in [1.807, 2.05) is 13.0 Å². The van der Waals surface area contributed by atoms with Crippen LogP contribution in [0, 0.1) is 6.92 Å². The number of anilines is 1. The Hall–Kier alpha value is -2.74. The third kappa shape index (κ3) is 2.86. The molecule has 7 nitrogen and oxygen atoms in total. The highest BCUT2D eigenvalue weighted by molar-refractivity contribution is 7.90. The lowest BCUT2D eigenvalue weighted by Crippen LogP contribution is -2.43. The van der Waals surface area contributed by atoms with Gasteiger partial charge in [0, 0.05) is 17.8 Å². The molecule has 2 aromatic rings. The summed E-state index contributed by atoms with van der Waals surface area (Å²) in [5, 5.41) is 2.86. The number of nitrogens with one attached hydrogen (secondary N) is 1. The first-order valence-corrected chi connectivity index (χ1v) is 9.84. The Bertz CT molecular complexity index is 999. The lowest BCUT2D eigenvalue weighted by atomic mass is 10.1. The number of hydrogen-bond acceptors (Lipinski definition) is 5. The number of nitrogens with zero attached hydrogens (tertiary/aromatic N) is 3. The number of likely N-dealkylation sites (tertiary alicyclic amines) is 1. The van der Waals surface area contributed by atoms with E-state index in [2.05, 4.69) is 14.7 Å². The van der Waals surface area contributed by atoms with Crippen LogP contribution in [0.25, 0.3) is 0 Å². The summed E-state index contributed by atoms with van der Waals surface area (Å²) >= 11 is 0. The van der Waals surface area contributed by atoms with Crippen LogP contribution in [0.15, 0.2) is 51.9 Å². The molecular weight excluding hydrogens is 352 g/mol. The molecule has 1 saturated heterocycles. The zero-order valence-corrected chi connectivity index (χ0v) is 15.0. The third-order valence-electron chi connectivity index (χ3n) is 4.62. The maximum atomic E-state index is 12.8. The van der Waals surface area contributed by atoms with Gasteiger partial charge in [-0.05, 0) is 44.0 Å². The van der Waals surface area contributed by atoms with Crippen molar-refractivity contribution in [3.63, 3.8) is 0 Å². The summed E-state index contributed by atoms with van der Waals surface area (Å²) in [4.78, 5) is 18.9. The number of amides is 1. The Morgan fingerprint density at radius 3 is 2.81 bits per heavy atom. The van der Waals surface area contributed by atoms with E-state index in [0.717, 1.165) is 12.1 Å². The minimum atomic E-state index is -3.70. The number of aryl methyl sites for hydroxylation is 1. The molecule has 2 aliphatic heterocycles. The summed E-state index contributed by atoms with van der Waals surface area (Å²) < 4.78 is 28.5. The Balaban J connectivity index is 1.61. The zero-order valence-electron chi connectivity index (χ0n) is 14.2. The van der Waals surface area contributed by atoms with E-state index in [1.165, 1.54) is 0 Å². The van der Waals surface area contributed by atoms with Gasteiger partial charge in [-0.15, -0.1) is 4.40 Å². The second-order valence-corrected chi connectivity index (χ2v) is 7.99. The van der Waals surface area contributed by atoms with Gasteiger partial charge in [0.25, 0.3) is 10.0 Å². The molecule has 0 unspecified atom stereocenters. The molecule has 1 aromatic carbocycles. The van der Waals surface area contributed by atoms with Crippen LogP contribution in [-0.2, 0) is 14.8 Å². The number of pyridine rings is 1. The van der Waals surface area contributed by atoms with E-state index < -0.39 is 16.1 Å². The molecule has 0 radical (unpaired) electrons. The van der Waals surface area contributed by atoms with Gasteiger partial charge in [0.2, 0.25) is 5.91 Å². The minimum absolute atomic E-state index is 0.183. The number of rotatable bonds is 2. The molecule has 8 heteroatoms. The van der Waals surface area contributed by atoms with Crippen LogP contribution in [0.4, 0.5) is 5.69 Å². The summed E-state index contributed by atoms with van der Waals surface area (Å²) in [6.45, 7) is 2.47. The van der Waals surface area contributed by atoms with Crippen molar-refractivity contribution in [2.45, 2.75) is 30.7 Å². The average molecular weight is 370 g/mol. The first-order chi connectivity index (χ1) is 12.5. The number of fused-ring (bicyclic) bond motifs is 1. The summed E-state index contributed by atoms with van der Waals surface area (Å²) in [5.74, 6) is 0.179. The van der Waals surface area contributed by atoms with Gasteiger partial charge in [0.05, 0.1) is 11.9 Å². The standard InChI is InChI=1S/C18H18N4O3S/c1-12-8-9-13(11-19-12)20-18(23)15-6-4-10-22(15)17-14-5-2-3-7-16(14)26(24,25)21-17/h2-3,5,7-9,11,15H,4,6,10H2,1H3,(H,20,23)/t15-/m0/s1. The number of carbonyl (C=O) groups is 1. The molecule has 0 aliphatic carbocycles. The topological polar surface area (TPSA) is 91.7 Å². The predicted molar refractivity (Wildman–Crippen MR) is 97.5 cm³/mol. The van der Waals surface area contributed by atoms with Crippen molar-refractivity contribution in [3.8, 4) is 0 Å². The van der Waals surface area contributed by atoms with Gasteiger partial charge in [0.15, 0.2) is 5.84 Å². The van der Waals surface area contributed by atoms with E-state index in [-0.39, 0.29) is 10.8 Å². The van der Waals surface area contributed by atoms with Crippen LogP contribution < -0.4 is 5.32 Å². The largest absolute Gasteiger partial charge is 0.343 e. The maximum Gasteiger partial charge on any atom is 0.285 e. The first-order valence-electron chi connectivity index (χ1n) is 8.40. The fourth-order valence-electron chi connectivity index (χ4n) is 3.36. The van der Waals surface area contributed by atoms with Crippen molar-refractivity contribution < 1.29 is 13.2 Å². The van der Waals surface area contributed by atoms with Crippen LogP contribution >= 0.6 is 0 Å². The van der Waals surface area contributed by atoms with Gasteiger partial charge in [-0.2, -0.15) is 8.42 Å². The number of hydrogen-bond donors (Lipinski definition) is 1. The monoisotopic (exact) mass is 370 g/mol. The molecule has 1 aromatic heterocycles. The van der Waals surface area contributed by atoms with Crippen molar-refractivity contribution in [1.29, 1.82) is 0 Å². The smallest absolute Gasteiger partial charge is 0.285 e. The molecule has 134 valence electrons. The molecule has 2 aliphatic rings. The number of benzene rings is 1. The molecule has 4 rings (SSSR count). The number of sulfonamides is 1. The van der Waals surface area contributed by atoms with Gasteiger partial charge in [-0.25, -0.2) is 0 Å². The maximum absolute atomic E-state index is 12.8. The Kier molecular flexibility index (Phi) is 3.99. The highest BCUT2D eigenvalue weighted by atomic mass is 32.2. The van der Waals surface area contributed by atoms with Gasteiger partial charge in [-0.1, -0.05) is 12.1 Å². The minimum Gasteiger partial charge on any atom is -0.343 e. The van der Waals surface area contributed by atoms with E-state index >= 15 is 0 Å². The fourth-order valence-corrected chi connectivity index (χ4v) is 4.57. The molecule has 0 saturated carbocycles. The lowest BCUT2D eigenvalue weighted by Gasteiger charge is -2.25. The fraction of sp³-hybridized carbons (Fsp3) is 0.278. The van der Waals surface area contributed by atoms with Crippen LogP contribution in [-0.4, -0.2) is 42.6 Å². The van der Waals surface area contributed by atoms with Crippen molar-refractivity contribution in [1.82, 2.24) is 9.88 Å². The molecule has 1 N–H and O–H groups in total. The number of aromatic nitrogens is 1. The van der Waals surface area contributed by atoms with E-state index in [4.69, 9.17) is 0 Å². The summed E-state index contributed by atoms with van der Waals surface area (Å²) in [7, 11) is -3.70. The van der Waals surface area contributed by atoms with Crippen LogP contribution in [0.5, 0.6) is 0 Å². The van der Waals surface area contributed by atoms with Crippen molar-refractivity contribution in [3.05, 3.63) is 53.9 Å². The van der Waals surface area contributed by atoms with Crippen molar-refractivity contribution in [2.75, 3.05) is 11.9 Å². The van der Waals surface area contributed by atoms with E-state index in [1.54, 1.807) is 41.4 Å². The van der Waals surface area contributed by atoms with Crippen LogP contribution in [0.3, 0.4) is 0 Å². The zero-order chi connectivity index (χ0) is 18.3. The second-order valence-electron chi connectivity index (χ2n) is 6.42. The van der Waals surface area contributed by atoms with Crippen molar-refractivity contribution in [2.24, 2.45) is 4.40 Å².